The Morgan fingerprint density at radius 1 is 1.12 bits per heavy atom. The third kappa shape index (κ3) is 4.24. The average Bonchev–Trinajstić information content (AvgIpc) is 3.09. The number of alkyl halides is 3. The highest BCUT2D eigenvalue weighted by atomic mass is 19.4. The topological polar surface area (TPSA) is 72.7 Å². The molecule has 6 nitrogen and oxygen atoms in total. The molecule has 0 radical (unpaired) electrons. The standard InChI is InChI=1S/C17H14F3N5O/c18-17(19,20)14-4-2-1-3-13(14)10-25-11-15(23-24-25)16(26)22-9-12-5-7-21-8-6-12/h1-8,11H,9-10H2,(H,22,26). The van der Waals surface area contributed by atoms with E-state index in [2.05, 4.69) is 20.6 Å². The van der Waals surface area contributed by atoms with Gasteiger partial charge in [-0.05, 0) is 29.3 Å². The van der Waals surface area contributed by atoms with Crippen LogP contribution in [0, 0.1) is 0 Å². The number of hydrogen-bond donors (Lipinski definition) is 1. The van der Waals surface area contributed by atoms with Crippen molar-refractivity contribution < 1.29 is 18.0 Å². The van der Waals surface area contributed by atoms with Gasteiger partial charge in [0.15, 0.2) is 5.69 Å². The van der Waals surface area contributed by atoms with Gasteiger partial charge in [0.1, 0.15) is 0 Å². The van der Waals surface area contributed by atoms with E-state index in [1.165, 1.54) is 29.1 Å². The van der Waals surface area contributed by atoms with Crippen LogP contribution < -0.4 is 5.32 Å². The van der Waals surface area contributed by atoms with E-state index in [-0.39, 0.29) is 24.3 Å². The molecule has 0 atom stereocenters. The molecule has 134 valence electrons. The highest BCUT2D eigenvalue weighted by Gasteiger charge is 2.33. The zero-order valence-corrected chi connectivity index (χ0v) is 13.4. The Morgan fingerprint density at radius 2 is 1.85 bits per heavy atom. The molecule has 1 amide bonds. The third-order valence-electron chi connectivity index (χ3n) is 3.63. The van der Waals surface area contributed by atoms with Gasteiger partial charge >= 0.3 is 6.18 Å². The van der Waals surface area contributed by atoms with Gasteiger partial charge in [0, 0.05) is 18.9 Å². The Balaban J connectivity index is 1.68. The molecule has 9 heteroatoms. The molecule has 2 aromatic heterocycles. The van der Waals surface area contributed by atoms with Crippen LogP contribution in [0.2, 0.25) is 0 Å². The second-order valence-corrected chi connectivity index (χ2v) is 5.49. The number of amides is 1. The minimum atomic E-state index is -4.46. The van der Waals surface area contributed by atoms with Crippen molar-refractivity contribution in [2.75, 3.05) is 0 Å². The van der Waals surface area contributed by atoms with Crippen LogP contribution in [0.5, 0.6) is 0 Å². The quantitative estimate of drug-likeness (QED) is 0.758. The number of halogens is 3. The number of nitrogens with one attached hydrogen (secondary N) is 1. The smallest absolute Gasteiger partial charge is 0.347 e. The van der Waals surface area contributed by atoms with Crippen molar-refractivity contribution in [2.45, 2.75) is 19.3 Å². The molecule has 0 fully saturated rings. The van der Waals surface area contributed by atoms with E-state index in [0.717, 1.165) is 11.6 Å². The minimum Gasteiger partial charge on any atom is -0.347 e. The molecule has 0 bridgehead atoms. The van der Waals surface area contributed by atoms with E-state index in [0.29, 0.717) is 0 Å². The summed E-state index contributed by atoms with van der Waals surface area (Å²) in [5.41, 5.74) is 0.205. The summed E-state index contributed by atoms with van der Waals surface area (Å²) in [6.45, 7) is 0.144. The molecule has 0 aliphatic carbocycles. The minimum absolute atomic E-state index is 0.0311. The van der Waals surface area contributed by atoms with Gasteiger partial charge in [-0.15, -0.1) is 5.10 Å². The largest absolute Gasteiger partial charge is 0.416 e. The van der Waals surface area contributed by atoms with Gasteiger partial charge in [-0.1, -0.05) is 23.4 Å². The first kappa shape index (κ1) is 17.6. The van der Waals surface area contributed by atoms with Crippen molar-refractivity contribution in [3.05, 3.63) is 77.4 Å². The van der Waals surface area contributed by atoms with Crippen LogP contribution in [0.4, 0.5) is 13.2 Å². The highest BCUT2D eigenvalue weighted by molar-refractivity contribution is 5.91. The zero-order chi connectivity index (χ0) is 18.6. The monoisotopic (exact) mass is 361 g/mol. The normalized spacial score (nSPS) is 11.3. The molecule has 3 aromatic rings. The Hall–Kier alpha value is -3.23. The molecule has 0 aliphatic rings. The number of hydrogen-bond acceptors (Lipinski definition) is 4. The SMILES string of the molecule is O=C(NCc1ccncc1)c1cn(Cc2ccccc2C(F)(F)F)nn1. The first-order chi connectivity index (χ1) is 12.4. The van der Waals surface area contributed by atoms with Crippen LogP contribution in [0.25, 0.3) is 0 Å². The number of carbonyl (C=O) groups is 1. The summed E-state index contributed by atoms with van der Waals surface area (Å²) in [6.07, 6.45) is 0.0721. The van der Waals surface area contributed by atoms with Crippen LogP contribution in [-0.2, 0) is 19.3 Å². The van der Waals surface area contributed by atoms with Gasteiger partial charge in [0.2, 0.25) is 0 Å². The second kappa shape index (κ2) is 7.34. The van der Waals surface area contributed by atoms with Gasteiger partial charge in [-0.2, -0.15) is 13.2 Å². The number of rotatable bonds is 5. The fourth-order valence-corrected chi connectivity index (χ4v) is 2.36. The lowest BCUT2D eigenvalue weighted by atomic mass is 10.1. The molecule has 26 heavy (non-hydrogen) atoms. The number of nitrogens with zero attached hydrogens (tertiary/aromatic N) is 4. The molecule has 2 heterocycles. The second-order valence-electron chi connectivity index (χ2n) is 5.49. The van der Waals surface area contributed by atoms with E-state index >= 15 is 0 Å². The zero-order valence-electron chi connectivity index (χ0n) is 13.4. The van der Waals surface area contributed by atoms with Crippen LogP contribution >= 0.6 is 0 Å². The van der Waals surface area contributed by atoms with Crippen molar-refractivity contribution in [1.29, 1.82) is 0 Å². The summed E-state index contributed by atoms with van der Waals surface area (Å²) in [5, 5.41) is 10.1. The maximum absolute atomic E-state index is 13.0. The van der Waals surface area contributed by atoms with E-state index < -0.39 is 17.6 Å². The summed E-state index contributed by atoms with van der Waals surface area (Å²) in [6, 6.07) is 8.73. The maximum atomic E-state index is 13.0. The van der Waals surface area contributed by atoms with Crippen molar-refractivity contribution in [1.82, 2.24) is 25.3 Å². The van der Waals surface area contributed by atoms with Gasteiger partial charge in [-0.3, -0.25) is 9.78 Å². The summed E-state index contributed by atoms with van der Waals surface area (Å²) in [4.78, 5) is 16.0. The van der Waals surface area contributed by atoms with Crippen molar-refractivity contribution in [3.8, 4) is 0 Å². The van der Waals surface area contributed by atoms with Crippen molar-refractivity contribution in [2.24, 2.45) is 0 Å². The van der Waals surface area contributed by atoms with Crippen molar-refractivity contribution >= 4 is 5.91 Å². The van der Waals surface area contributed by atoms with E-state index in [1.807, 2.05) is 0 Å². The molecule has 0 unspecified atom stereocenters. The Bertz CT molecular complexity index is 893. The van der Waals surface area contributed by atoms with E-state index in [9.17, 15) is 18.0 Å². The summed E-state index contributed by atoms with van der Waals surface area (Å²) >= 11 is 0. The molecule has 1 N–H and O–H groups in total. The number of benzene rings is 1. The molecule has 1 aromatic carbocycles. The predicted molar refractivity (Wildman–Crippen MR) is 86.0 cm³/mol. The average molecular weight is 361 g/mol. The maximum Gasteiger partial charge on any atom is 0.416 e. The summed E-state index contributed by atoms with van der Waals surface area (Å²) in [5.74, 6) is -0.461. The molecular weight excluding hydrogens is 347 g/mol. The molecule has 0 saturated heterocycles. The van der Waals surface area contributed by atoms with Crippen LogP contribution in [0.1, 0.15) is 27.2 Å². The Kier molecular flexibility index (Phi) is 4.97. The number of carbonyl (C=O) groups excluding carboxylic acids is 1. The molecule has 0 spiro atoms. The van der Waals surface area contributed by atoms with E-state index in [4.69, 9.17) is 0 Å². The van der Waals surface area contributed by atoms with Crippen LogP contribution in [0.3, 0.4) is 0 Å². The molecule has 0 saturated carbocycles. The first-order valence-corrected chi connectivity index (χ1v) is 7.66. The van der Waals surface area contributed by atoms with Gasteiger partial charge < -0.3 is 5.32 Å². The predicted octanol–water partition coefficient (Wildman–Crippen LogP) is 2.67. The van der Waals surface area contributed by atoms with Gasteiger partial charge in [0.25, 0.3) is 5.91 Å². The van der Waals surface area contributed by atoms with Crippen molar-refractivity contribution in [3.63, 3.8) is 0 Å². The highest BCUT2D eigenvalue weighted by Crippen LogP contribution is 2.32. The van der Waals surface area contributed by atoms with Crippen LogP contribution in [0.15, 0.2) is 55.0 Å². The summed E-state index contributed by atoms with van der Waals surface area (Å²) in [7, 11) is 0. The first-order valence-electron chi connectivity index (χ1n) is 7.66. The lowest BCUT2D eigenvalue weighted by Crippen LogP contribution is -2.23. The Labute approximate surface area is 146 Å². The fraction of sp³-hybridized carbons (Fsp3) is 0.176. The van der Waals surface area contributed by atoms with Crippen LogP contribution in [-0.4, -0.2) is 25.9 Å². The number of pyridine rings is 1. The molecule has 0 aliphatic heterocycles. The Morgan fingerprint density at radius 3 is 2.58 bits per heavy atom. The lowest BCUT2D eigenvalue weighted by Gasteiger charge is -2.12. The number of aromatic nitrogens is 4. The third-order valence-corrected chi connectivity index (χ3v) is 3.63. The molecule has 3 rings (SSSR count). The fourth-order valence-electron chi connectivity index (χ4n) is 2.36. The summed E-state index contributed by atoms with van der Waals surface area (Å²) < 4.78 is 40.3. The van der Waals surface area contributed by atoms with Gasteiger partial charge in [0.05, 0.1) is 18.3 Å². The van der Waals surface area contributed by atoms with Gasteiger partial charge in [-0.25, -0.2) is 4.68 Å². The van der Waals surface area contributed by atoms with E-state index in [1.54, 1.807) is 24.5 Å². The molecular formula is C17H14F3N5O. The lowest BCUT2D eigenvalue weighted by molar-refractivity contribution is -0.138.